The molecule has 0 spiro atoms. The third kappa shape index (κ3) is 4.76. The summed E-state index contributed by atoms with van der Waals surface area (Å²) in [5, 5.41) is 3.77. The monoisotopic (exact) mass is 395 g/mol. The molecular weight excluding hydrogens is 382 g/mol. The van der Waals surface area contributed by atoms with Gasteiger partial charge in [-0.2, -0.15) is 0 Å². The van der Waals surface area contributed by atoms with Crippen LogP contribution in [0.25, 0.3) is 0 Å². The van der Waals surface area contributed by atoms with Crippen LogP contribution in [0.3, 0.4) is 0 Å². The summed E-state index contributed by atoms with van der Waals surface area (Å²) in [6, 6.07) is 16.0. The second-order valence-electron chi connectivity index (χ2n) is 4.54. The largest absolute Gasteiger partial charge is 0.352 e. The summed E-state index contributed by atoms with van der Waals surface area (Å²) in [5.41, 5.74) is 3.33. The van der Waals surface area contributed by atoms with Gasteiger partial charge < -0.3 is 5.32 Å². The number of benzene rings is 2. The lowest BCUT2D eigenvalue weighted by Crippen LogP contribution is -2.24. The van der Waals surface area contributed by atoms with Crippen molar-refractivity contribution in [3.8, 4) is 0 Å². The first-order valence-electron chi connectivity index (χ1n) is 6.32. The zero-order valence-electron chi connectivity index (χ0n) is 10.9. The molecule has 104 valence electrons. The number of carbonyl (C=O) groups is 1. The highest BCUT2D eigenvalue weighted by Crippen LogP contribution is 2.12. The average molecular weight is 397 g/mol. The van der Waals surface area contributed by atoms with Gasteiger partial charge in [-0.3, -0.25) is 4.79 Å². The lowest BCUT2D eigenvalue weighted by molar-refractivity contribution is -0.120. The van der Waals surface area contributed by atoms with E-state index in [1.54, 1.807) is 0 Å². The fourth-order valence-electron chi connectivity index (χ4n) is 1.92. The van der Waals surface area contributed by atoms with Gasteiger partial charge in [0.15, 0.2) is 0 Å². The van der Waals surface area contributed by atoms with Crippen LogP contribution in [-0.2, 0) is 23.1 Å². The van der Waals surface area contributed by atoms with Gasteiger partial charge in [-0.1, -0.05) is 68.3 Å². The van der Waals surface area contributed by atoms with E-state index < -0.39 is 0 Å². The minimum atomic E-state index is 0.0346. The van der Waals surface area contributed by atoms with Crippen molar-refractivity contribution in [2.24, 2.45) is 0 Å². The van der Waals surface area contributed by atoms with Crippen LogP contribution in [0.5, 0.6) is 0 Å². The number of nitrogens with one attached hydrogen (secondary N) is 1. The smallest absolute Gasteiger partial charge is 0.224 e. The molecule has 2 aromatic rings. The molecule has 2 rings (SSSR count). The Kier molecular flexibility index (Phi) is 5.80. The van der Waals surface area contributed by atoms with E-state index in [1.165, 1.54) is 5.56 Å². The third-order valence-electron chi connectivity index (χ3n) is 2.89. The van der Waals surface area contributed by atoms with Crippen molar-refractivity contribution in [2.75, 3.05) is 0 Å². The van der Waals surface area contributed by atoms with Crippen LogP contribution in [0.2, 0.25) is 0 Å². The predicted molar refractivity (Wildman–Crippen MR) is 88.8 cm³/mol. The van der Waals surface area contributed by atoms with E-state index in [0.717, 1.165) is 20.9 Å². The SMILES string of the molecule is O=C(Cc1cccc(Br)c1)NCc1cccc(CBr)c1. The Bertz CT molecular complexity index is 599. The summed E-state index contributed by atoms with van der Waals surface area (Å²) in [6.45, 7) is 0.563. The molecule has 0 saturated carbocycles. The van der Waals surface area contributed by atoms with E-state index in [2.05, 4.69) is 49.3 Å². The number of halogens is 2. The van der Waals surface area contributed by atoms with Crippen molar-refractivity contribution in [3.05, 3.63) is 69.7 Å². The molecular formula is C16H15Br2NO. The van der Waals surface area contributed by atoms with Gasteiger partial charge in [0.1, 0.15) is 0 Å². The van der Waals surface area contributed by atoms with Gasteiger partial charge in [0.05, 0.1) is 6.42 Å². The van der Waals surface area contributed by atoms with Crippen LogP contribution in [-0.4, -0.2) is 5.91 Å². The third-order valence-corrected chi connectivity index (χ3v) is 4.03. The number of rotatable bonds is 5. The van der Waals surface area contributed by atoms with Crippen LogP contribution in [0.4, 0.5) is 0 Å². The summed E-state index contributed by atoms with van der Waals surface area (Å²) in [4.78, 5) is 11.9. The summed E-state index contributed by atoms with van der Waals surface area (Å²) in [6.07, 6.45) is 0.400. The number of alkyl halides is 1. The first kappa shape index (κ1) is 15.3. The number of amides is 1. The fourth-order valence-corrected chi connectivity index (χ4v) is 2.71. The van der Waals surface area contributed by atoms with E-state index in [0.29, 0.717) is 13.0 Å². The normalized spacial score (nSPS) is 10.3. The summed E-state index contributed by atoms with van der Waals surface area (Å²) >= 11 is 6.84. The Balaban J connectivity index is 1.88. The molecule has 0 atom stereocenters. The lowest BCUT2D eigenvalue weighted by Gasteiger charge is -2.07. The maximum Gasteiger partial charge on any atom is 0.224 e. The zero-order valence-corrected chi connectivity index (χ0v) is 14.1. The molecule has 0 heterocycles. The molecule has 2 aromatic carbocycles. The molecule has 0 unspecified atom stereocenters. The standard InChI is InChI=1S/C16H15Br2NO/c17-10-13-4-1-5-14(7-13)11-19-16(20)9-12-3-2-6-15(18)8-12/h1-8H,9-11H2,(H,19,20). The van der Waals surface area contributed by atoms with E-state index >= 15 is 0 Å². The van der Waals surface area contributed by atoms with E-state index in [1.807, 2.05) is 36.4 Å². The Morgan fingerprint density at radius 3 is 2.45 bits per heavy atom. The minimum Gasteiger partial charge on any atom is -0.352 e. The Morgan fingerprint density at radius 1 is 1.00 bits per heavy atom. The Labute approximate surface area is 135 Å². The molecule has 0 radical (unpaired) electrons. The second-order valence-corrected chi connectivity index (χ2v) is 6.01. The highest BCUT2D eigenvalue weighted by Gasteiger charge is 2.04. The van der Waals surface area contributed by atoms with Crippen LogP contribution >= 0.6 is 31.9 Å². The van der Waals surface area contributed by atoms with Crippen molar-refractivity contribution in [1.82, 2.24) is 5.32 Å². The average Bonchev–Trinajstić information content (AvgIpc) is 2.45. The molecule has 0 fully saturated rings. The summed E-state index contributed by atoms with van der Waals surface area (Å²) in [5.74, 6) is 0.0346. The topological polar surface area (TPSA) is 29.1 Å². The quantitative estimate of drug-likeness (QED) is 0.753. The molecule has 0 bridgehead atoms. The molecule has 1 amide bonds. The van der Waals surface area contributed by atoms with Crippen molar-refractivity contribution in [1.29, 1.82) is 0 Å². The molecule has 2 nitrogen and oxygen atoms in total. The van der Waals surface area contributed by atoms with Crippen molar-refractivity contribution in [2.45, 2.75) is 18.3 Å². The highest BCUT2D eigenvalue weighted by molar-refractivity contribution is 9.10. The van der Waals surface area contributed by atoms with Crippen LogP contribution in [0, 0.1) is 0 Å². The van der Waals surface area contributed by atoms with E-state index in [4.69, 9.17) is 0 Å². The molecule has 0 saturated heterocycles. The van der Waals surface area contributed by atoms with Gasteiger partial charge in [0.25, 0.3) is 0 Å². The molecule has 0 aliphatic rings. The van der Waals surface area contributed by atoms with E-state index in [9.17, 15) is 4.79 Å². The van der Waals surface area contributed by atoms with Crippen molar-refractivity contribution >= 4 is 37.8 Å². The van der Waals surface area contributed by atoms with Crippen LogP contribution in [0.1, 0.15) is 16.7 Å². The molecule has 0 aliphatic carbocycles. The van der Waals surface area contributed by atoms with Gasteiger partial charge in [0, 0.05) is 16.3 Å². The zero-order chi connectivity index (χ0) is 14.4. The molecule has 0 aromatic heterocycles. The molecule has 0 aliphatic heterocycles. The Morgan fingerprint density at radius 2 is 1.70 bits per heavy atom. The molecule has 4 heteroatoms. The fraction of sp³-hybridized carbons (Fsp3) is 0.188. The lowest BCUT2D eigenvalue weighted by atomic mass is 10.1. The summed E-state index contributed by atoms with van der Waals surface area (Å²) < 4.78 is 0.993. The highest BCUT2D eigenvalue weighted by atomic mass is 79.9. The first-order valence-corrected chi connectivity index (χ1v) is 8.24. The van der Waals surface area contributed by atoms with Gasteiger partial charge >= 0.3 is 0 Å². The number of carbonyl (C=O) groups excluding carboxylic acids is 1. The number of hydrogen-bond donors (Lipinski definition) is 1. The van der Waals surface area contributed by atoms with Gasteiger partial charge in [-0.05, 0) is 28.8 Å². The first-order chi connectivity index (χ1) is 9.67. The maximum absolute atomic E-state index is 11.9. The maximum atomic E-state index is 11.9. The minimum absolute atomic E-state index is 0.0346. The number of hydrogen-bond acceptors (Lipinski definition) is 1. The summed E-state index contributed by atoms with van der Waals surface area (Å²) in [7, 11) is 0. The molecule has 20 heavy (non-hydrogen) atoms. The van der Waals surface area contributed by atoms with Gasteiger partial charge in [0.2, 0.25) is 5.91 Å². The van der Waals surface area contributed by atoms with Gasteiger partial charge in [-0.15, -0.1) is 0 Å². The van der Waals surface area contributed by atoms with Crippen LogP contribution in [0.15, 0.2) is 53.0 Å². The van der Waals surface area contributed by atoms with E-state index in [-0.39, 0.29) is 5.91 Å². The van der Waals surface area contributed by atoms with Crippen molar-refractivity contribution in [3.63, 3.8) is 0 Å². The second kappa shape index (κ2) is 7.60. The molecule has 1 N–H and O–H groups in total. The van der Waals surface area contributed by atoms with Crippen molar-refractivity contribution < 1.29 is 4.79 Å². The Hall–Kier alpha value is -1.13. The predicted octanol–water partition coefficient (Wildman–Crippen LogP) is 4.20. The van der Waals surface area contributed by atoms with Crippen LogP contribution < -0.4 is 5.32 Å². The van der Waals surface area contributed by atoms with Gasteiger partial charge in [-0.25, -0.2) is 0 Å².